The Hall–Kier alpha value is -3.14. The Labute approximate surface area is 158 Å². The number of aryl methyl sites for hydroxylation is 1. The maximum atomic E-state index is 12.3. The quantitative estimate of drug-likeness (QED) is 0.386. The maximum absolute atomic E-state index is 12.3. The van der Waals surface area contributed by atoms with Crippen molar-refractivity contribution in [2.24, 2.45) is 19.2 Å². The molecule has 0 bridgehead atoms. The van der Waals surface area contributed by atoms with Crippen molar-refractivity contribution in [3.05, 3.63) is 57.0 Å². The highest BCUT2D eigenvalue weighted by Crippen LogP contribution is 2.13. The molecule has 0 aliphatic heterocycles. The third kappa shape index (κ3) is 3.70. The molecule has 2 aromatic heterocycles. The van der Waals surface area contributed by atoms with Crippen molar-refractivity contribution in [2.45, 2.75) is 11.4 Å². The first-order chi connectivity index (χ1) is 12.9. The summed E-state index contributed by atoms with van der Waals surface area (Å²) in [5.41, 5.74) is 2.71. The van der Waals surface area contributed by atoms with Gasteiger partial charge in [0.15, 0.2) is 11.2 Å². The van der Waals surface area contributed by atoms with Crippen LogP contribution in [0.25, 0.3) is 11.2 Å². The first kappa shape index (κ1) is 18.6. The van der Waals surface area contributed by atoms with Gasteiger partial charge >= 0.3 is 5.69 Å². The van der Waals surface area contributed by atoms with Crippen molar-refractivity contribution in [1.82, 2.24) is 24.1 Å². The van der Waals surface area contributed by atoms with E-state index >= 15 is 0 Å². The van der Waals surface area contributed by atoms with Crippen molar-refractivity contribution in [1.29, 1.82) is 0 Å². The highest BCUT2D eigenvalue weighted by atomic mass is 32.2. The normalized spacial score (nSPS) is 11.4. The van der Waals surface area contributed by atoms with E-state index in [1.807, 2.05) is 30.5 Å². The van der Waals surface area contributed by atoms with Crippen LogP contribution in [0, 0.1) is 0 Å². The molecule has 0 atom stereocenters. The molecule has 3 aromatic rings. The Bertz CT molecular complexity index is 1140. The molecule has 0 unspecified atom stereocenters. The van der Waals surface area contributed by atoms with Crippen molar-refractivity contribution in [3.63, 3.8) is 0 Å². The van der Waals surface area contributed by atoms with E-state index in [1.165, 1.54) is 35.8 Å². The fourth-order valence-electron chi connectivity index (χ4n) is 2.58. The number of rotatable bonds is 5. The van der Waals surface area contributed by atoms with Crippen LogP contribution in [0.3, 0.4) is 0 Å². The third-order valence-electron chi connectivity index (χ3n) is 4.05. The van der Waals surface area contributed by atoms with Gasteiger partial charge in [0.2, 0.25) is 0 Å². The second-order valence-electron chi connectivity index (χ2n) is 5.82. The summed E-state index contributed by atoms with van der Waals surface area (Å²) >= 11 is 1.64. The second kappa shape index (κ2) is 7.62. The first-order valence-electron chi connectivity index (χ1n) is 7.99. The molecule has 0 saturated heterocycles. The highest BCUT2D eigenvalue weighted by molar-refractivity contribution is 7.98. The number of hydrogen-bond acceptors (Lipinski definition) is 6. The lowest BCUT2D eigenvalue weighted by Gasteiger charge is -2.06. The lowest BCUT2D eigenvalue weighted by molar-refractivity contribution is -0.121. The lowest BCUT2D eigenvalue weighted by Crippen LogP contribution is -2.38. The average Bonchev–Trinajstić information content (AvgIpc) is 3.08. The fourth-order valence-corrected chi connectivity index (χ4v) is 2.98. The van der Waals surface area contributed by atoms with E-state index in [0.717, 1.165) is 15.0 Å². The Morgan fingerprint density at radius 3 is 2.59 bits per heavy atom. The number of benzene rings is 1. The molecule has 0 aliphatic rings. The second-order valence-corrected chi connectivity index (χ2v) is 6.70. The minimum Gasteiger partial charge on any atom is -0.315 e. The molecule has 3 rings (SSSR count). The number of carbonyl (C=O) groups is 1. The van der Waals surface area contributed by atoms with Gasteiger partial charge in [0, 0.05) is 19.0 Å². The van der Waals surface area contributed by atoms with Gasteiger partial charge in [-0.2, -0.15) is 5.10 Å². The Balaban J connectivity index is 1.75. The van der Waals surface area contributed by atoms with Crippen LogP contribution in [0.4, 0.5) is 0 Å². The topological polar surface area (TPSA) is 103 Å². The number of aromatic nitrogens is 4. The summed E-state index contributed by atoms with van der Waals surface area (Å²) in [6.45, 7) is -0.146. The monoisotopic (exact) mass is 386 g/mol. The number of nitrogens with one attached hydrogen (secondary N) is 1. The first-order valence-corrected chi connectivity index (χ1v) is 9.21. The van der Waals surface area contributed by atoms with E-state index in [9.17, 15) is 14.4 Å². The molecule has 1 amide bonds. The maximum Gasteiger partial charge on any atom is 0.332 e. The van der Waals surface area contributed by atoms with Gasteiger partial charge in [-0.15, -0.1) is 11.8 Å². The predicted octanol–water partition coefficient (Wildman–Crippen LogP) is 0.306. The zero-order valence-electron chi connectivity index (χ0n) is 15.0. The van der Waals surface area contributed by atoms with E-state index < -0.39 is 17.2 Å². The number of fused-ring (bicyclic) bond motifs is 1. The minimum absolute atomic E-state index is 0.146. The molecular formula is C17H18N6O3S. The Kier molecular flexibility index (Phi) is 5.26. The van der Waals surface area contributed by atoms with Crippen molar-refractivity contribution >= 4 is 35.0 Å². The van der Waals surface area contributed by atoms with Gasteiger partial charge < -0.3 is 4.57 Å². The van der Waals surface area contributed by atoms with Gasteiger partial charge in [-0.25, -0.2) is 15.2 Å². The summed E-state index contributed by atoms with van der Waals surface area (Å²) in [4.78, 5) is 41.6. The summed E-state index contributed by atoms with van der Waals surface area (Å²) in [6.07, 6.45) is 4.89. The van der Waals surface area contributed by atoms with E-state index in [1.54, 1.807) is 11.8 Å². The summed E-state index contributed by atoms with van der Waals surface area (Å²) in [7, 11) is 2.91. The van der Waals surface area contributed by atoms with Crippen LogP contribution in [0.15, 0.2) is 50.2 Å². The molecule has 9 nitrogen and oxygen atoms in total. The number of amides is 1. The number of hydrogen-bond donors (Lipinski definition) is 1. The van der Waals surface area contributed by atoms with Gasteiger partial charge in [-0.3, -0.25) is 18.7 Å². The molecule has 1 N–H and O–H groups in total. The summed E-state index contributed by atoms with van der Waals surface area (Å²) < 4.78 is 3.64. The summed E-state index contributed by atoms with van der Waals surface area (Å²) in [6, 6.07) is 7.72. The summed E-state index contributed by atoms with van der Waals surface area (Å²) in [5.74, 6) is -0.415. The van der Waals surface area contributed by atoms with E-state index in [4.69, 9.17) is 0 Å². The summed E-state index contributed by atoms with van der Waals surface area (Å²) in [5, 5.41) is 3.93. The number of imidazole rings is 1. The number of hydrazone groups is 1. The molecule has 140 valence electrons. The smallest absolute Gasteiger partial charge is 0.315 e. The van der Waals surface area contributed by atoms with Crippen LogP contribution in [-0.2, 0) is 25.4 Å². The number of nitrogens with zero attached hydrogens (tertiary/aromatic N) is 5. The zero-order chi connectivity index (χ0) is 19.6. The minimum atomic E-state index is -0.504. The molecule has 0 radical (unpaired) electrons. The Morgan fingerprint density at radius 1 is 1.22 bits per heavy atom. The van der Waals surface area contributed by atoms with Crippen LogP contribution in [0.2, 0.25) is 0 Å². The molecule has 0 fully saturated rings. The molecule has 2 heterocycles. The molecule has 10 heteroatoms. The fraction of sp³-hybridized carbons (Fsp3) is 0.235. The molecule has 0 spiro atoms. The Morgan fingerprint density at radius 2 is 1.93 bits per heavy atom. The van der Waals surface area contributed by atoms with E-state index in [2.05, 4.69) is 15.5 Å². The van der Waals surface area contributed by atoms with E-state index in [0.29, 0.717) is 0 Å². The lowest BCUT2D eigenvalue weighted by atomic mass is 10.2. The van der Waals surface area contributed by atoms with Crippen molar-refractivity contribution in [3.8, 4) is 0 Å². The van der Waals surface area contributed by atoms with Crippen LogP contribution in [-0.4, -0.2) is 37.1 Å². The third-order valence-corrected chi connectivity index (χ3v) is 4.79. The van der Waals surface area contributed by atoms with E-state index in [-0.39, 0.29) is 17.7 Å². The zero-order valence-corrected chi connectivity index (χ0v) is 15.9. The average molecular weight is 386 g/mol. The molecule has 1 aromatic carbocycles. The van der Waals surface area contributed by atoms with Gasteiger partial charge in [0.25, 0.3) is 11.5 Å². The van der Waals surface area contributed by atoms with Crippen molar-refractivity contribution in [2.75, 3.05) is 6.26 Å². The molecule has 27 heavy (non-hydrogen) atoms. The highest BCUT2D eigenvalue weighted by Gasteiger charge is 2.15. The van der Waals surface area contributed by atoms with Crippen LogP contribution < -0.4 is 16.7 Å². The van der Waals surface area contributed by atoms with Crippen molar-refractivity contribution < 1.29 is 4.79 Å². The van der Waals surface area contributed by atoms with Crippen LogP contribution >= 0.6 is 11.8 Å². The van der Waals surface area contributed by atoms with Crippen LogP contribution in [0.5, 0.6) is 0 Å². The molecular weight excluding hydrogens is 368 g/mol. The molecule has 0 saturated carbocycles. The molecule has 0 aliphatic carbocycles. The largest absolute Gasteiger partial charge is 0.332 e. The standard InChI is InChI=1S/C17H18N6O3S/c1-21-15-14(16(25)22(2)17(21)26)23(10-18-15)9-13(24)20-19-8-11-4-6-12(27-3)7-5-11/h4-8,10H,9H2,1-3H3,(H,20,24). The van der Waals surface area contributed by atoms with Gasteiger partial charge in [0.05, 0.1) is 12.5 Å². The SMILES string of the molecule is CSc1ccc(C=NNC(=O)Cn2cnc3c2c(=O)n(C)c(=O)n3C)cc1. The predicted molar refractivity (Wildman–Crippen MR) is 104 cm³/mol. The number of thioether (sulfide) groups is 1. The van der Waals surface area contributed by atoms with Crippen LogP contribution in [0.1, 0.15) is 5.56 Å². The van der Waals surface area contributed by atoms with Gasteiger partial charge in [-0.1, -0.05) is 12.1 Å². The van der Waals surface area contributed by atoms with Gasteiger partial charge in [-0.05, 0) is 24.0 Å². The van der Waals surface area contributed by atoms with Gasteiger partial charge in [0.1, 0.15) is 6.54 Å². The number of carbonyl (C=O) groups excluding carboxylic acids is 1.